The molecule has 1 heterocycles. The van der Waals surface area contributed by atoms with Crippen LogP contribution in [0.15, 0.2) is 0 Å². The molecule has 20 heavy (non-hydrogen) atoms. The molecule has 0 aromatic rings. The second kappa shape index (κ2) is 8.06. The van der Waals surface area contributed by atoms with Gasteiger partial charge in [0, 0.05) is 19.1 Å². The standard InChI is InChI=1S/C13H25N3O4/c1-10(2)15(3)6-4-5-14-13(19)16-7-8-20-9-11(16)12(17)18/h10-11H,4-9H2,1-3H3,(H,14,19)(H,17,18). The highest BCUT2D eigenvalue weighted by atomic mass is 16.5. The first-order chi connectivity index (χ1) is 9.43. The monoisotopic (exact) mass is 287 g/mol. The van der Waals surface area contributed by atoms with Crippen LogP contribution < -0.4 is 5.32 Å². The van der Waals surface area contributed by atoms with Crippen molar-refractivity contribution in [2.75, 3.05) is 39.9 Å². The highest BCUT2D eigenvalue weighted by molar-refractivity contribution is 5.82. The molecule has 2 N–H and O–H groups in total. The second-order valence-electron chi connectivity index (χ2n) is 5.28. The van der Waals surface area contributed by atoms with E-state index < -0.39 is 12.0 Å². The quantitative estimate of drug-likeness (QED) is 0.683. The largest absolute Gasteiger partial charge is 0.480 e. The predicted molar refractivity (Wildman–Crippen MR) is 74.7 cm³/mol. The first kappa shape index (κ1) is 16.7. The second-order valence-corrected chi connectivity index (χ2v) is 5.28. The number of rotatable bonds is 6. The first-order valence-electron chi connectivity index (χ1n) is 6.98. The number of carboxylic acid groups (broad SMARTS) is 1. The van der Waals surface area contributed by atoms with Crippen molar-refractivity contribution in [1.82, 2.24) is 15.1 Å². The number of nitrogens with one attached hydrogen (secondary N) is 1. The summed E-state index contributed by atoms with van der Waals surface area (Å²) in [5, 5.41) is 11.8. The van der Waals surface area contributed by atoms with Crippen LogP contribution >= 0.6 is 0 Å². The summed E-state index contributed by atoms with van der Waals surface area (Å²) in [6.45, 7) is 6.41. The van der Waals surface area contributed by atoms with Crippen LogP contribution in [0.3, 0.4) is 0 Å². The molecule has 0 aromatic heterocycles. The van der Waals surface area contributed by atoms with E-state index >= 15 is 0 Å². The van der Waals surface area contributed by atoms with Crippen LogP contribution in [0.1, 0.15) is 20.3 Å². The van der Waals surface area contributed by atoms with Gasteiger partial charge in [0.05, 0.1) is 13.2 Å². The third kappa shape index (κ3) is 4.97. The lowest BCUT2D eigenvalue weighted by Gasteiger charge is -2.32. The summed E-state index contributed by atoms with van der Waals surface area (Å²) < 4.78 is 5.10. The number of hydrogen-bond donors (Lipinski definition) is 2. The van der Waals surface area contributed by atoms with Crippen LogP contribution in [0.25, 0.3) is 0 Å². The van der Waals surface area contributed by atoms with Crippen molar-refractivity contribution in [3.05, 3.63) is 0 Å². The fourth-order valence-corrected chi connectivity index (χ4v) is 1.93. The normalized spacial score (nSPS) is 19.4. The molecule has 0 saturated carbocycles. The van der Waals surface area contributed by atoms with Gasteiger partial charge in [-0.25, -0.2) is 9.59 Å². The van der Waals surface area contributed by atoms with E-state index in [-0.39, 0.29) is 12.6 Å². The number of carbonyl (C=O) groups excluding carboxylic acids is 1. The summed E-state index contributed by atoms with van der Waals surface area (Å²) in [6, 6.07) is -0.740. The molecule has 0 spiro atoms. The Morgan fingerprint density at radius 2 is 2.20 bits per heavy atom. The fraction of sp³-hybridized carbons (Fsp3) is 0.846. The minimum atomic E-state index is -1.03. The van der Waals surface area contributed by atoms with Gasteiger partial charge in [-0.15, -0.1) is 0 Å². The number of carboxylic acids is 1. The van der Waals surface area contributed by atoms with Crippen molar-refractivity contribution >= 4 is 12.0 Å². The maximum atomic E-state index is 12.0. The highest BCUT2D eigenvalue weighted by Crippen LogP contribution is 2.07. The summed E-state index contributed by atoms with van der Waals surface area (Å²) in [7, 11) is 2.04. The van der Waals surface area contributed by atoms with E-state index in [1.807, 2.05) is 7.05 Å². The van der Waals surface area contributed by atoms with Gasteiger partial charge in [0.15, 0.2) is 6.04 Å². The summed E-state index contributed by atoms with van der Waals surface area (Å²) in [5.41, 5.74) is 0. The highest BCUT2D eigenvalue weighted by Gasteiger charge is 2.32. The maximum absolute atomic E-state index is 12.0. The number of nitrogens with zero attached hydrogens (tertiary/aromatic N) is 2. The molecular formula is C13H25N3O4. The van der Waals surface area contributed by atoms with Gasteiger partial charge >= 0.3 is 12.0 Å². The molecular weight excluding hydrogens is 262 g/mol. The van der Waals surface area contributed by atoms with Crippen LogP contribution in [0.5, 0.6) is 0 Å². The van der Waals surface area contributed by atoms with E-state index in [4.69, 9.17) is 9.84 Å². The Kier molecular flexibility index (Phi) is 6.74. The maximum Gasteiger partial charge on any atom is 0.328 e. The molecule has 1 saturated heterocycles. The number of carbonyl (C=O) groups is 2. The fourth-order valence-electron chi connectivity index (χ4n) is 1.93. The molecule has 0 radical (unpaired) electrons. The van der Waals surface area contributed by atoms with Gasteiger partial charge in [0.1, 0.15) is 0 Å². The van der Waals surface area contributed by atoms with E-state index in [1.165, 1.54) is 4.90 Å². The topological polar surface area (TPSA) is 82.1 Å². The van der Waals surface area contributed by atoms with Crippen molar-refractivity contribution in [1.29, 1.82) is 0 Å². The van der Waals surface area contributed by atoms with E-state index in [9.17, 15) is 9.59 Å². The van der Waals surface area contributed by atoms with E-state index in [1.54, 1.807) is 0 Å². The molecule has 1 aliphatic rings. The third-order valence-electron chi connectivity index (χ3n) is 3.52. The zero-order chi connectivity index (χ0) is 15.1. The first-order valence-corrected chi connectivity index (χ1v) is 6.98. The molecule has 0 bridgehead atoms. The third-order valence-corrected chi connectivity index (χ3v) is 3.52. The van der Waals surface area contributed by atoms with E-state index in [0.29, 0.717) is 25.7 Å². The van der Waals surface area contributed by atoms with Crippen molar-refractivity contribution in [3.63, 3.8) is 0 Å². The Bertz CT molecular complexity index is 336. The molecule has 0 aromatic carbocycles. The lowest BCUT2D eigenvalue weighted by Crippen LogP contribution is -2.55. The van der Waals surface area contributed by atoms with Crippen LogP contribution in [-0.2, 0) is 9.53 Å². The lowest BCUT2D eigenvalue weighted by atomic mass is 10.2. The summed E-state index contributed by atoms with van der Waals surface area (Å²) >= 11 is 0. The minimum Gasteiger partial charge on any atom is -0.480 e. The predicted octanol–water partition coefficient (Wildman–Crippen LogP) is 0.212. The molecule has 1 aliphatic heterocycles. The lowest BCUT2D eigenvalue weighted by molar-refractivity contribution is -0.147. The van der Waals surface area contributed by atoms with Crippen molar-refractivity contribution in [3.8, 4) is 0 Å². The van der Waals surface area contributed by atoms with Gasteiger partial charge in [-0.3, -0.25) is 0 Å². The van der Waals surface area contributed by atoms with Crippen molar-refractivity contribution < 1.29 is 19.4 Å². The van der Waals surface area contributed by atoms with Gasteiger partial charge in [-0.2, -0.15) is 0 Å². The molecule has 2 amide bonds. The number of urea groups is 1. The Balaban J connectivity index is 2.32. The summed E-state index contributed by atoms with van der Waals surface area (Å²) in [4.78, 5) is 26.6. The molecule has 7 nitrogen and oxygen atoms in total. The number of aliphatic carboxylic acids is 1. The molecule has 0 aliphatic carbocycles. The molecule has 1 atom stereocenters. The van der Waals surface area contributed by atoms with Crippen LogP contribution in [-0.4, -0.2) is 78.9 Å². The van der Waals surface area contributed by atoms with Gasteiger partial charge in [0.25, 0.3) is 0 Å². The Morgan fingerprint density at radius 3 is 2.80 bits per heavy atom. The number of morpholine rings is 1. The van der Waals surface area contributed by atoms with Gasteiger partial charge < -0.3 is 25.0 Å². The zero-order valence-corrected chi connectivity index (χ0v) is 12.5. The number of hydrogen-bond acceptors (Lipinski definition) is 4. The SMILES string of the molecule is CC(C)N(C)CCCNC(=O)N1CCOCC1C(=O)O. The van der Waals surface area contributed by atoms with Crippen LogP contribution in [0.2, 0.25) is 0 Å². The summed E-state index contributed by atoms with van der Waals surface area (Å²) in [6.07, 6.45) is 0.836. The smallest absolute Gasteiger partial charge is 0.328 e. The zero-order valence-electron chi connectivity index (χ0n) is 12.5. The van der Waals surface area contributed by atoms with E-state index in [0.717, 1.165) is 13.0 Å². The van der Waals surface area contributed by atoms with Crippen molar-refractivity contribution in [2.45, 2.75) is 32.4 Å². The molecule has 1 unspecified atom stereocenters. The number of amides is 2. The van der Waals surface area contributed by atoms with Crippen molar-refractivity contribution in [2.24, 2.45) is 0 Å². The minimum absolute atomic E-state index is 0.0544. The van der Waals surface area contributed by atoms with Crippen LogP contribution in [0, 0.1) is 0 Å². The Morgan fingerprint density at radius 1 is 1.50 bits per heavy atom. The molecule has 7 heteroatoms. The Labute approximate surface area is 119 Å². The molecule has 116 valence electrons. The van der Waals surface area contributed by atoms with Crippen LogP contribution in [0.4, 0.5) is 4.79 Å². The molecule has 1 fully saturated rings. The average molecular weight is 287 g/mol. The van der Waals surface area contributed by atoms with Gasteiger partial charge in [0.2, 0.25) is 0 Å². The summed E-state index contributed by atoms with van der Waals surface area (Å²) in [5.74, 6) is -1.03. The van der Waals surface area contributed by atoms with Gasteiger partial charge in [-0.05, 0) is 33.9 Å². The van der Waals surface area contributed by atoms with Gasteiger partial charge in [-0.1, -0.05) is 0 Å². The number of ether oxygens (including phenoxy) is 1. The molecule has 1 rings (SSSR count). The Hall–Kier alpha value is -1.34. The van der Waals surface area contributed by atoms with E-state index in [2.05, 4.69) is 24.1 Å². The average Bonchev–Trinajstić information content (AvgIpc) is 2.42.